The fourth-order valence-corrected chi connectivity index (χ4v) is 0.787. The number of esters is 1. The molecule has 1 unspecified atom stereocenters. The number of ether oxygens (including phenoxy) is 1. The van der Waals surface area contributed by atoms with Gasteiger partial charge in [0.2, 0.25) is 0 Å². The fourth-order valence-electron chi connectivity index (χ4n) is 0.509. The average molecular weight is 272 g/mol. The quantitative estimate of drug-likeness (QED) is 0.585. The van der Waals surface area contributed by atoms with Crippen LogP contribution < -0.4 is 5.73 Å². The van der Waals surface area contributed by atoms with Crippen molar-refractivity contribution in [2.24, 2.45) is 5.73 Å². The van der Waals surface area contributed by atoms with Crippen LogP contribution in [0.2, 0.25) is 0 Å². The molecule has 0 aromatic carbocycles. The SMILES string of the molecule is Cl.Cl.NC(CCS)C(=O)OCC(F)F. The van der Waals surface area contributed by atoms with Gasteiger partial charge in [0.05, 0.1) is 0 Å². The first-order valence-corrected chi connectivity index (χ1v) is 4.02. The van der Waals surface area contributed by atoms with Gasteiger partial charge in [-0.05, 0) is 12.2 Å². The van der Waals surface area contributed by atoms with Crippen LogP contribution >= 0.6 is 37.4 Å². The molecule has 0 fully saturated rings. The van der Waals surface area contributed by atoms with Crippen molar-refractivity contribution in [3.8, 4) is 0 Å². The maximum absolute atomic E-state index is 11.5. The summed E-state index contributed by atoms with van der Waals surface area (Å²) in [4.78, 5) is 10.7. The van der Waals surface area contributed by atoms with E-state index >= 15 is 0 Å². The molecule has 3 nitrogen and oxygen atoms in total. The van der Waals surface area contributed by atoms with E-state index in [9.17, 15) is 13.6 Å². The monoisotopic (exact) mass is 271 g/mol. The lowest BCUT2D eigenvalue weighted by atomic mass is 10.2. The van der Waals surface area contributed by atoms with Gasteiger partial charge in [-0.15, -0.1) is 24.8 Å². The molecule has 0 amide bonds. The summed E-state index contributed by atoms with van der Waals surface area (Å²) < 4.78 is 27.2. The van der Waals surface area contributed by atoms with Gasteiger partial charge in [-0.3, -0.25) is 4.79 Å². The number of hydrogen-bond acceptors (Lipinski definition) is 4. The highest BCUT2D eigenvalue weighted by Gasteiger charge is 2.15. The van der Waals surface area contributed by atoms with Crippen LogP contribution in [-0.4, -0.2) is 30.8 Å². The molecule has 0 aliphatic rings. The van der Waals surface area contributed by atoms with Crippen LogP contribution in [0, 0.1) is 0 Å². The first-order chi connectivity index (χ1) is 5.57. The van der Waals surface area contributed by atoms with Crippen LogP contribution in [-0.2, 0) is 9.53 Å². The summed E-state index contributed by atoms with van der Waals surface area (Å²) in [6.45, 7) is -0.890. The van der Waals surface area contributed by atoms with Crippen molar-refractivity contribution in [2.75, 3.05) is 12.4 Å². The maximum atomic E-state index is 11.5. The minimum absolute atomic E-state index is 0. The van der Waals surface area contributed by atoms with E-state index in [0.717, 1.165) is 0 Å². The molecule has 0 aromatic rings. The fraction of sp³-hybridized carbons (Fsp3) is 0.833. The number of alkyl halides is 2. The molecule has 0 spiro atoms. The summed E-state index contributed by atoms with van der Waals surface area (Å²) in [6.07, 6.45) is -2.32. The third-order valence-corrected chi connectivity index (χ3v) is 1.35. The van der Waals surface area contributed by atoms with E-state index in [1.165, 1.54) is 0 Å². The van der Waals surface area contributed by atoms with Crippen LogP contribution in [0.5, 0.6) is 0 Å². The Morgan fingerprint density at radius 2 is 1.93 bits per heavy atom. The van der Waals surface area contributed by atoms with Crippen LogP contribution in [0.15, 0.2) is 0 Å². The molecule has 14 heavy (non-hydrogen) atoms. The number of carbonyl (C=O) groups excluding carboxylic acids is 1. The van der Waals surface area contributed by atoms with Gasteiger partial charge in [-0.25, -0.2) is 8.78 Å². The zero-order valence-electron chi connectivity index (χ0n) is 7.19. The Morgan fingerprint density at radius 3 is 2.29 bits per heavy atom. The van der Waals surface area contributed by atoms with Crippen molar-refractivity contribution in [3.05, 3.63) is 0 Å². The van der Waals surface area contributed by atoms with Crippen molar-refractivity contribution in [1.82, 2.24) is 0 Å². The van der Waals surface area contributed by atoms with Crippen LogP contribution in [0.3, 0.4) is 0 Å². The second kappa shape index (κ2) is 11.3. The normalized spacial score (nSPS) is 11.2. The third kappa shape index (κ3) is 10.3. The summed E-state index contributed by atoms with van der Waals surface area (Å²) in [7, 11) is 0. The molecular weight excluding hydrogens is 259 g/mol. The Morgan fingerprint density at radius 1 is 1.43 bits per heavy atom. The molecule has 0 radical (unpaired) electrons. The summed E-state index contributed by atoms with van der Waals surface area (Å²) >= 11 is 3.83. The predicted molar refractivity (Wildman–Crippen MR) is 57.9 cm³/mol. The summed E-state index contributed by atoms with van der Waals surface area (Å²) in [5.74, 6) is -0.380. The number of nitrogens with two attached hydrogens (primary N) is 1. The number of rotatable bonds is 5. The Labute approximate surface area is 99.0 Å². The lowest BCUT2D eigenvalue weighted by molar-refractivity contribution is -0.149. The first kappa shape index (κ1) is 19.7. The van der Waals surface area contributed by atoms with Gasteiger partial charge < -0.3 is 10.5 Å². The van der Waals surface area contributed by atoms with E-state index in [0.29, 0.717) is 12.2 Å². The number of thiol groups is 1. The molecule has 0 saturated heterocycles. The van der Waals surface area contributed by atoms with Gasteiger partial charge in [-0.1, -0.05) is 0 Å². The molecule has 8 heteroatoms. The van der Waals surface area contributed by atoms with Gasteiger partial charge in [0, 0.05) is 0 Å². The smallest absolute Gasteiger partial charge is 0.323 e. The number of hydrogen-bond donors (Lipinski definition) is 2. The van der Waals surface area contributed by atoms with E-state index in [1.807, 2.05) is 0 Å². The molecule has 0 saturated carbocycles. The van der Waals surface area contributed by atoms with Crippen molar-refractivity contribution in [2.45, 2.75) is 18.9 Å². The molecule has 0 aliphatic carbocycles. The minimum atomic E-state index is -2.64. The Balaban J connectivity index is -0.000000605. The summed E-state index contributed by atoms with van der Waals surface area (Å²) in [5.41, 5.74) is 5.25. The molecule has 1 atom stereocenters. The Kier molecular flexibility index (Phi) is 15.9. The van der Waals surface area contributed by atoms with Gasteiger partial charge in [0.25, 0.3) is 6.43 Å². The number of halogens is 4. The van der Waals surface area contributed by atoms with E-state index in [-0.39, 0.29) is 24.8 Å². The van der Waals surface area contributed by atoms with Crippen LogP contribution in [0.1, 0.15) is 6.42 Å². The summed E-state index contributed by atoms with van der Waals surface area (Å²) in [6, 6.07) is -0.846. The topological polar surface area (TPSA) is 52.3 Å². The molecular formula is C6H13Cl2F2NO2S. The van der Waals surface area contributed by atoms with E-state index in [2.05, 4.69) is 17.4 Å². The van der Waals surface area contributed by atoms with Crippen molar-refractivity contribution in [3.63, 3.8) is 0 Å². The maximum Gasteiger partial charge on any atom is 0.323 e. The molecule has 0 aliphatic heterocycles. The average Bonchev–Trinajstić information content (AvgIpc) is 2.00. The van der Waals surface area contributed by atoms with E-state index < -0.39 is 25.0 Å². The lowest BCUT2D eigenvalue weighted by Gasteiger charge is -2.09. The minimum Gasteiger partial charge on any atom is -0.458 e. The molecule has 0 rings (SSSR count). The van der Waals surface area contributed by atoms with Crippen LogP contribution in [0.25, 0.3) is 0 Å². The van der Waals surface area contributed by atoms with Crippen LogP contribution in [0.4, 0.5) is 8.78 Å². The van der Waals surface area contributed by atoms with Gasteiger partial charge in [0.15, 0.2) is 6.61 Å². The van der Waals surface area contributed by atoms with Gasteiger partial charge in [-0.2, -0.15) is 12.6 Å². The summed E-state index contributed by atoms with van der Waals surface area (Å²) in [5, 5.41) is 0. The van der Waals surface area contributed by atoms with Crippen molar-refractivity contribution >= 4 is 43.4 Å². The highest BCUT2D eigenvalue weighted by Crippen LogP contribution is 1.97. The van der Waals surface area contributed by atoms with Gasteiger partial charge in [0.1, 0.15) is 6.04 Å². The van der Waals surface area contributed by atoms with Crippen molar-refractivity contribution in [1.29, 1.82) is 0 Å². The third-order valence-electron chi connectivity index (χ3n) is 1.09. The van der Waals surface area contributed by atoms with E-state index in [4.69, 9.17) is 5.73 Å². The predicted octanol–water partition coefficient (Wildman–Crippen LogP) is 1.29. The second-order valence-electron chi connectivity index (χ2n) is 2.14. The Hall–Kier alpha value is 0.220. The molecule has 0 heterocycles. The Bertz CT molecular complexity index is 154. The highest BCUT2D eigenvalue weighted by molar-refractivity contribution is 7.80. The standard InChI is InChI=1S/C6H11F2NO2S.2ClH/c7-5(8)3-11-6(10)4(9)1-2-12;;/h4-5,12H,1-3,9H2;2*1H. The zero-order chi connectivity index (χ0) is 9.56. The highest BCUT2D eigenvalue weighted by atomic mass is 35.5. The first-order valence-electron chi connectivity index (χ1n) is 3.39. The second-order valence-corrected chi connectivity index (χ2v) is 2.59. The number of carbonyl (C=O) groups is 1. The van der Waals surface area contributed by atoms with Crippen molar-refractivity contribution < 1.29 is 18.3 Å². The van der Waals surface area contributed by atoms with Gasteiger partial charge >= 0.3 is 5.97 Å². The molecule has 2 N–H and O–H groups in total. The van der Waals surface area contributed by atoms with E-state index in [1.54, 1.807) is 0 Å². The zero-order valence-corrected chi connectivity index (χ0v) is 9.72. The molecule has 0 aromatic heterocycles. The lowest BCUT2D eigenvalue weighted by Crippen LogP contribution is -2.33. The largest absolute Gasteiger partial charge is 0.458 e. The molecule has 0 bridgehead atoms. The molecule has 88 valence electrons.